The van der Waals surface area contributed by atoms with Crippen LogP contribution >= 0.6 is 0 Å². The number of carboxylic acids is 1. The van der Waals surface area contributed by atoms with Crippen LogP contribution in [0.1, 0.15) is 33.1 Å². The van der Waals surface area contributed by atoms with Crippen molar-refractivity contribution >= 4 is 11.9 Å². The monoisotopic (exact) mass is 228 g/mol. The first-order chi connectivity index (χ1) is 7.29. The van der Waals surface area contributed by atoms with Gasteiger partial charge in [-0.3, -0.25) is 9.59 Å². The topological polar surface area (TPSA) is 83.6 Å². The van der Waals surface area contributed by atoms with Crippen molar-refractivity contribution in [3.8, 4) is 0 Å². The zero-order chi connectivity index (χ0) is 12.3. The standard InChI is InChI=1S/C11H20N2O3/c1-11(2,12)6-9(14)13-5-3-4-8(7-13)10(15)16/h8H,3-7,12H2,1-2H3,(H,15,16)/t8-/m1/s1. The molecule has 1 amide bonds. The second kappa shape index (κ2) is 4.82. The summed E-state index contributed by atoms with van der Waals surface area (Å²) in [5.74, 6) is -1.28. The van der Waals surface area contributed by atoms with Crippen LogP contribution in [-0.4, -0.2) is 40.5 Å². The van der Waals surface area contributed by atoms with Gasteiger partial charge in [-0.15, -0.1) is 0 Å². The highest BCUT2D eigenvalue weighted by Gasteiger charge is 2.29. The van der Waals surface area contributed by atoms with Gasteiger partial charge < -0.3 is 15.7 Å². The van der Waals surface area contributed by atoms with Crippen molar-refractivity contribution in [2.24, 2.45) is 11.7 Å². The molecule has 1 aliphatic rings. The van der Waals surface area contributed by atoms with Gasteiger partial charge in [0.1, 0.15) is 0 Å². The minimum absolute atomic E-state index is 0.0431. The van der Waals surface area contributed by atoms with Gasteiger partial charge in [-0.2, -0.15) is 0 Å². The number of piperidine rings is 1. The number of carboxylic acid groups (broad SMARTS) is 1. The summed E-state index contributed by atoms with van der Waals surface area (Å²) in [5.41, 5.74) is 5.24. The van der Waals surface area contributed by atoms with Crippen molar-refractivity contribution in [2.45, 2.75) is 38.6 Å². The second-order valence-electron chi connectivity index (χ2n) is 5.18. The molecule has 1 rings (SSSR count). The van der Waals surface area contributed by atoms with E-state index in [0.717, 1.165) is 6.42 Å². The summed E-state index contributed by atoms with van der Waals surface area (Å²) in [4.78, 5) is 24.3. The first-order valence-electron chi connectivity index (χ1n) is 5.59. The molecule has 1 fully saturated rings. The predicted molar refractivity (Wildman–Crippen MR) is 59.8 cm³/mol. The lowest BCUT2D eigenvalue weighted by atomic mass is 9.96. The van der Waals surface area contributed by atoms with Gasteiger partial charge in [0.05, 0.1) is 5.92 Å². The van der Waals surface area contributed by atoms with Crippen molar-refractivity contribution in [2.75, 3.05) is 13.1 Å². The summed E-state index contributed by atoms with van der Waals surface area (Å²) in [5, 5.41) is 8.91. The van der Waals surface area contributed by atoms with Crippen LogP contribution in [0.3, 0.4) is 0 Å². The fraction of sp³-hybridized carbons (Fsp3) is 0.818. The van der Waals surface area contributed by atoms with Crippen LogP contribution in [0.5, 0.6) is 0 Å². The quantitative estimate of drug-likeness (QED) is 0.734. The number of carbonyl (C=O) groups excluding carboxylic acids is 1. The van der Waals surface area contributed by atoms with E-state index in [4.69, 9.17) is 10.8 Å². The molecule has 0 bridgehead atoms. The van der Waals surface area contributed by atoms with Gasteiger partial charge in [-0.25, -0.2) is 0 Å². The molecule has 1 atom stereocenters. The Labute approximate surface area is 95.6 Å². The number of hydrogen-bond donors (Lipinski definition) is 2. The minimum atomic E-state index is -0.815. The molecule has 1 saturated heterocycles. The maximum absolute atomic E-state index is 11.8. The van der Waals surface area contributed by atoms with Crippen molar-refractivity contribution in [1.82, 2.24) is 4.90 Å². The normalized spacial score (nSPS) is 21.9. The molecule has 0 spiro atoms. The number of likely N-dealkylation sites (tertiary alicyclic amines) is 1. The van der Waals surface area contributed by atoms with E-state index in [1.54, 1.807) is 18.7 Å². The smallest absolute Gasteiger partial charge is 0.308 e. The number of amides is 1. The molecular weight excluding hydrogens is 208 g/mol. The molecule has 0 saturated carbocycles. The Kier molecular flexibility index (Phi) is 3.91. The molecule has 0 aromatic rings. The van der Waals surface area contributed by atoms with Gasteiger partial charge in [-0.1, -0.05) is 0 Å². The van der Waals surface area contributed by atoms with E-state index >= 15 is 0 Å². The fourth-order valence-electron chi connectivity index (χ4n) is 1.91. The van der Waals surface area contributed by atoms with Gasteiger partial charge in [0.25, 0.3) is 0 Å². The van der Waals surface area contributed by atoms with Crippen LogP contribution in [0.2, 0.25) is 0 Å². The Hall–Kier alpha value is -1.10. The van der Waals surface area contributed by atoms with Crippen molar-refractivity contribution < 1.29 is 14.7 Å². The molecule has 5 heteroatoms. The lowest BCUT2D eigenvalue weighted by Gasteiger charge is -2.32. The maximum Gasteiger partial charge on any atom is 0.308 e. The molecule has 1 aliphatic heterocycles. The molecule has 1 heterocycles. The van der Waals surface area contributed by atoms with Gasteiger partial charge in [0, 0.05) is 25.0 Å². The van der Waals surface area contributed by atoms with Gasteiger partial charge in [-0.05, 0) is 26.7 Å². The lowest BCUT2D eigenvalue weighted by Crippen LogP contribution is -2.46. The average Bonchev–Trinajstić information content (AvgIpc) is 2.15. The summed E-state index contributed by atoms with van der Waals surface area (Å²) < 4.78 is 0. The first kappa shape index (κ1) is 13.0. The van der Waals surface area contributed by atoms with E-state index < -0.39 is 17.4 Å². The highest BCUT2D eigenvalue weighted by atomic mass is 16.4. The van der Waals surface area contributed by atoms with Gasteiger partial charge in [0.2, 0.25) is 5.91 Å². The molecule has 0 aromatic carbocycles. The molecule has 92 valence electrons. The number of rotatable bonds is 3. The molecule has 0 aromatic heterocycles. The van der Waals surface area contributed by atoms with Gasteiger partial charge in [0.15, 0.2) is 0 Å². The highest BCUT2D eigenvalue weighted by molar-refractivity contribution is 5.78. The zero-order valence-corrected chi connectivity index (χ0v) is 9.90. The second-order valence-corrected chi connectivity index (χ2v) is 5.18. The SMILES string of the molecule is CC(C)(N)CC(=O)N1CCC[C@@H](C(=O)O)C1. The van der Waals surface area contributed by atoms with Crippen LogP contribution in [0, 0.1) is 5.92 Å². The third-order valence-electron chi connectivity index (χ3n) is 2.73. The number of nitrogens with zero attached hydrogens (tertiary/aromatic N) is 1. The largest absolute Gasteiger partial charge is 0.481 e. The van der Waals surface area contributed by atoms with E-state index in [0.29, 0.717) is 19.5 Å². The molecule has 0 radical (unpaired) electrons. The summed E-state index contributed by atoms with van der Waals surface area (Å²) in [7, 11) is 0. The fourth-order valence-corrected chi connectivity index (χ4v) is 1.91. The summed E-state index contributed by atoms with van der Waals surface area (Å²) in [6, 6.07) is 0. The first-order valence-corrected chi connectivity index (χ1v) is 5.59. The Morgan fingerprint density at radius 2 is 2.12 bits per heavy atom. The summed E-state index contributed by atoms with van der Waals surface area (Å²) in [6.45, 7) is 4.57. The third kappa shape index (κ3) is 3.81. The Morgan fingerprint density at radius 3 is 2.62 bits per heavy atom. The van der Waals surface area contributed by atoms with Crippen LogP contribution < -0.4 is 5.73 Å². The van der Waals surface area contributed by atoms with Crippen LogP contribution in [-0.2, 0) is 9.59 Å². The van der Waals surface area contributed by atoms with E-state index in [-0.39, 0.29) is 12.3 Å². The molecular formula is C11H20N2O3. The summed E-state index contributed by atoms with van der Waals surface area (Å²) >= 11 is 0. The number of aliphatic carboxylic acids is 1. The maximum atomic E-state index is 11.8. The van der Waals surface area contributed by atoms with Gasteiger partial charge >= 0.3 is 5.97 Å². The Morgan fingerprint density at radius 1 is 1.50 bits per heavy atom. The molecule has 0 aliphatic carbocycles. The number of carbonyl (C=O) groups is 2. The molecule has 5 nitrogen and oxygen atoms in total. The number of hydrogen-bond acceptors (Lipinski definition) is 3. The predicted octanol–water partition coefficient (Wildman–Crippen LogP) is 0.437. The van der Waals surface area contributed by atoms with E-state index in [1.165, 1.54) is 0 Å². The van der Waals surface area contributed by atoms with E-state index in [9.17, 15) is 9.59 Å². The minimum Gasteiger partial charge on any atom is -0.481 e. The zero-order valence-electron chi connectivity index (χ0n) is 9.90. The summed E-state index contributed by atoms with van der Waals surface area (Å²) in [6.07, 6.45) is 1.68. The Balaban J connectivity index is 2.54. The lowest BCUT2D eigenvalue weighted by molar-refractivity contribution is -0.145. The molecule has 0 unspecified atom stereocenters. The van der Waals surface area contributed by atoms with Crippen LogP contribution in [0.4, 0.5) is 0 Å². The Bertz CT molecular complexity index is 283. The number of nitrogens with two attached hydrogens (primary N) is 1. The molecule has 3 N–H and O–H groups in total. The van der Waals surface area contributed by atoms with E-state index in [2.05, 4.69) is 0 Å². The highest BCUT2D eigenvalue weighted by Crippen LogP contribution is 2.18. The van der Waals surface area contributed by atoms with Crippen molar-refractivity contribution in [3.05, 3.63) is 0 Å². The molecule has 16 heavy (non-hydrogen) atoms. The van der Waals surface area contributed by atoms with Crippen molar-refractivity contribution in [1.29, 1.82) is 0 Å². The van der Waals surface area contributed by atoms with Crippen LogP contribution in [0.15, 0.2) is 0 Å². The van der Waals surface area contributed by atoms with Crippen LogP contribution in [0.25, 0.3) is 0 Å². The van der Waals surface area contributed by atoms with E-state index in [1.807, 2.05) is 0 Å². The average molecular weight is 228 g/mol. The third-order valence-corrected chi connectivity index (χ3v) is 2.73. The van der Waals surface area contributed by atoms with Crippen molar-refractivity contribution in [3.63, 3.8) is 0 Å².